The van der Waals surface area contributed by atoms with Gasteiger partial charge in [0.25, 0.3) is 0 Å². The molecule has 6 rings (SSSR count). The van der Waals surface area contributed by atoms with E-state index in [1.54, 1.807) is 6.92 Å². The number of benzene rings is 6. The Balaban J connectivity index is 0.000000241. The van der Waals surface area contributed by atoms with E-state index in [1.807, 2.05) is 94.5 Å². The molecule has 0 spiro atoms. The highest BCUT2D eigenvalue weighted by Crippen LogP contribution is 2.28. The van der Waals surface area contributed by atoms with Crippen LogP contribution in [-0.2, 0) is 22.4 Å². The van der Waals surface area contributed by atoms with Crippen LogP contribution in [0.15, 0.2) is 146 Å². The molecule has 64 heavy (non-hydrogen) atoms. The predicted molar refractivity (Wildman–Crippen MR) is 264 cm³/mol. The normalized spacial score (nSPS) is 12.5. The molecule has 0 aliphatic carbocycles. The van der Waals surface area contributed by atoms with E-state index in [2.05, 4.69) is 120 Å². The Morgan fingerprint density at radius 3 is 1.41 bits per heavy atom. The monoisotopic (exact) mass is 861 g/mol. The van der Waals surface area contributed by atoms with Gasteiger partial charge >= 0.3 is 0 Å². The predicted octanol–water partition coefficient (Wildman–Crippen LogP) is 9.75. The summed E-state index contributed by atoms with van der Waals surface area (Å²) in [6.07, 6.45) is 0.984. The Kier molecular flexibility index (Phi) is 18.6. The number of aryl methyl sites for hydroxylation is 6. The molecule has 6 aromatic carbocycles. The van der Waals surface area contributed by atoms with Gasteiger partial charge in [0.15, 0.2) is 0 Å². The Hall–Kier alpha value is -5.90. The van der Waals surface area contributed by atoms with E-state index in [0.29, 0.717) is 26.2 Å². The van der Waals surface area contributed by atoms with Gasteiger partial charge in [0.1, 0.15) is 12.1 Å². The van der Waals surface area contributed by atoms with Crippen LogP contribution >= 0.6 is 0 Å². The van der Waals surface area contributed by atoms with Crippen molar-refractivity contribution < 1.29 is 19.8 Å². The molecule has 336 valence electrons. The van der Waals surface area contributed by atoms with Gasteiger partial charge in [0.2, 0.25) is 11.8 Å². The second kappa shape index (κ2) is 24.2. The number of likely N-dealkylation sites (N-methyl/N-ethyl adjacent to an activating group) is 1. The van der Waals surface area contributed by atoms with Crippen molar-refractivity contribution in [1.29, 1.82) is 0 Å². The Morgan fingerprint density at radius 2 is 0.984 bits per heavy atom. The van der Waals surface area contributed by atoms with Crippen molar-refractivity contribution in [2.24, 2.45) is 0 Å². The number of hydrogen-bond donors (Lipinski definition) is 3. The summed E-state index contributed by atoms with van der Waals surface area (Å²) in [4.78, 5) is 33.6. The SMILES string of the molecule is Cc1ccc(CCN(C(=O)C(NCC(C)O)c2ccccc2)c2ccc(C)c(C)c2)cc1.Cc1ccc(CCN(C(=O)C(c2ccccc2)N(C)CCO)c2ccc(C)c(C)c2)cc1. The highest BCUT2D eigenvalue weighted by atomic mass is 16.3. The largest absolute Gasteiger partial charge is 0.395 e. The number of aliphatic hydroxyl groups excluding tert-OH is 2. The molecule has 3 unspecified atom stereocenters. The third-order valence-corrected chi connectivity index (χ3v) is 11.9. The average molecular weight is 861 g/mol. The molecular weight excluding hydrogens is 793 g/mol. The van der Waals surface area contributed by atoms with E-state index in [1.165, 1.54) is 33.4 Å². The first kappa shape index (κ1) is 49.1. The van der Waals surface area contributed by atoms with E-state index in [0.717, 1.165) is 46.5 Å². The summed E-state index contributed by atoms with van der Waals surface area (Å²) < 4.78 is 0. The van der Waals surface area contributed by atoms with E-state index < -0.39 is 18.2 Å². The van der Waals surface area contributed by atoms with Crippen LogP contribution in [0.3, 0.4) is 0 Å². The molecule has 0 aromatic heterocycles. The zero-order valence-electron chi connectivity index (χ0n) is 39.1. The lowest BCUT2D eigenvalue weighted by molar-refractivity contribution is -0.124. The minimum atomic E-state index is -0.545. The summed E-state index contributed by atoms with van der Waals surface area (Å²) in [6, 6.07) is 47.9. The topological polar surface area (TPSA) is 96.4 Å². The van der Waals surface area contributed by atoms with Gasteiger partial charge in [-0.05, 0) is 137 Å². The summed E-state index contributed by atoms with van der Waals surface area (Å²) in [5.74, 6) is -0.00488. The lowest BCUT2D eigenvalue weighted by atomic mass is 10.0. The first-order chi connectivity index (χ1) is 30.7. The Labute approximate surface area is 382 Å². The maximum absolute atomic E-state index is 14.0. The van der Waals surface area contributed by atoms with Gasteiger partial charge in [0, 0.05) is 37.6 Å². The van der Waals surface area contributed by atoms with Crippen LogP contribution in [0.1, 0.15) is 74.6 Å². The molecule has 0 heterocycles. The fourth-order valence-corrected chi connectivity index (χ4v) is 7.60. The summed E-state index contributed by atoms with van der Waals surface area (Å²) >= 11 is 0. The van der Waals surface area contributed by atoms with E-state index >= 15 is 0 Å². The van der Waals surface area contributed by atoms with Gasteiger partial charge in [-0.25, -0.2) is 0 Å². The zero-order chi connectivity index (χ0) is 46.2. The molecule has 0 saturated heterocycles. The maximum atomic E-state index is 14.0. The van der Waals surface area contributed by atoms with Gasteiger partial charge in [-0.3, -0.25) is 19.8 Å². The lowest BCUT2D eigenvalue weighted by Crippen LogP contribution is -2.43. The van der Waals surface area contributed by atoms with Crippen molar-refractivity contribution in [2.45, 2.75) is 79.5 Å². The molecule has 3 atom stereocenters. The van der Waals surface area contributed by atoms with Crippen molar-refractivity contribution in [3.05, 3.63) is 201 Å². The third-order valence-electron chi connectivity index (χ3n) is 11.9. The van der Waals surface area contributed by atoms with Gasteiger partial charge in [-0.15, -0.1) is 0 Å². The lowest BCUT2D eigenvalue weighted by Gasteiger charge is -2.33. The number of carbonyl (C=O) groups excluding carboxylic acids is 2. The first-order valence-corrected chi connectivity index (χ1v) is 22.5. The van der Waals surface area contributed by atoms with Crippen LogP contribution in [0.4, 0.5) is 11.4 Å². The Morgan fingerprint density at radius 1 is 0.547 bits per heavy atom. The van der Waals surface area contributed by atoms with Crippen LogP contribution in [0.5, 0.6) is 0 Å². The number of amides is 2. The average Bonchev–Trinajstić information content (AvgIpc) is 3.28. The molecule has 0 fully saturated rings. The van der Waals surface area contributed by atoms with Crippen LogP contribution < -0.4 is 15.1 Å². The molecule has 0 aliphatic heterocycles. The smallest absolute Gasteiger partial charge is 0.248 e. The van der Waals surface area contributed by atoms with E-state index in [9.17, 15) is 19.8 Å². The molecule has 2 amide bonds. The van der Waals surface area contributed by atoms with Crippen LogP contribution in [0.25, 0.3) is 0 Å². The van der Waals surface area contributed by atoms with Crippen molar-refractivity contribution >= 4 is 23.2 Å². The summed E-state index contributed by atoms with van der Waals surface area (Å²) in [5, 5.41) is 22.7. The van der Waals surface area contributed by atoms with Crippen molar-refractivity contribution in [3.63, 3.8) is 0 Å². The van der Waals surface area contributed by atoms with Crippen molar-refractivity contribution in [1.82, 2.24) is 10.2 Å². The minimum Gasteiger partial charge on any atom is -0.395 e. The summed E-state index contributed by atoms with van der Waals surface area (Å²) in [5.41, 5.74) is 13.2. The van der Waals surface area contributed by atoms with Crippen molar-refractivity contribution in [2.75, 3.05) is 49.6 Å². The number of aliphatic hydroxyl groups is 2. The minimum absolute atomic E-state index is 0.000119. The van der Waals surface area contributed by atoms with Crippen LogP contribution in [0, 0.1) is 41.5 Å². The number of nitrogens with one attached hydrogen (secondary N) is 1. The van der Waals surface area contributed by atoms with E-state index in [-0.39, 0.29) is 18.4 Å². The molecule has 0 bridgehead atoms. The van der Waals surface area contributed by atoms with E-state index in [4.69, 9.17) is 0 Å². The summed E-state index contributed by atoms with van der Waals surface area (Å²) in [7, 11) is 1.89. The molecule has 3 N–H and O–H groups in total. The second-order valence-electron chi connectivity index (χ2n) is 17.1. The molecule has 6 aromatic rings. The van der Waals surface area contributed by atoms with Gasteiger partial charge in [-0.2, -0.15) is 0 Å². The molecule has 8 heteroatoms. The fraction of sp³-hybridized carbons (Fsp3) is 0.321. The standard InChI is InChI=1S/2C28H34N2O2/c1-20-10-13-24(14-11-20)16-17-30(26-15-12-21(2)22(3)18-26)28(32)27(29-19-23(4)31)25-8-6-5-7-9-25;1-21-10-13-24(14-11-21)16-17-30(26-15-12-22(2)23(3)20-26)28(32)27(29(4)18-19-31)25-8-6-5-7-9-25/h5-15,18,23,27,29,31H,16-17,19H2,1-4H3;5-15,20,27,31H,16-19H2,1-4H3. The molecule has 0 radical (unpaired) electrons. The number of carbonyl (C=O) groups is 2. The van der Waals surface area contributed by atoms with Gasteiger partial charge in [0.05, 0.1) is 12.7 Å². The quantitative estimate of drug-likeness (QED) is 0.0797. The zero-order valence-corrected chi connectivity index (χ0v) is 39.1. The van der Waals surface area contributed by atoms with Gasteiger partial charge < -0.3 is 20.0 Å². The number of nitrogens with zero attached hydrogens (tertiary/aromatic N) is 3. The third kappa shape index (κ3) is 14.1. The maximum Gasteiger partial charge on any atom is 0.248 e. The molecular formula is C56H68N4O4. The van der Waals surface area contributed by atoms with Gasteiger partial charge in [-0.1, -0.05) is 132 Å². The summed E-state index contributed by atoms with van der Waals surface area (Å²) in [6.45, 7) is 16.1. The highest BCUT2D eigenvalue weighted by Gasteiger charge is 2.31. The molecule has 8 nitrogen and oxygen atoms in total. The highest BCUT2D eigenvalue weighted by molar-refractivity contribution is 5.98. The van der Waals surface area contributed by atoms with Crippen LogP contribution in [0.2, 0.25) is 0 Å². The first-order valence-electron chi connectivity index (χ1n) is 22.5. The molecule has 0 aliphatic rings. The fourth-order valence-electron chi connectivity index (χ4n) is 7.60. The second-order valence-corrected chi connectivity index (χ2v) is 17.1. The number of anilines is 2. The number of rotatable bonds is 18. The van der Waals surface area contributed by atoms with Crippen LogP contribution in [-0.4, -0.2) is 72.9 Å². The van der Waals surface area contributed by atoms with Crippen molar-refractivity contribution in [3.8, 4) is 0 Å². The Bertz CT molecular complexity index is 2370. The molecule has 0 saturated carbocycles. The number of hydrogen-bond acceptors (Lipinski definition) is 6.